The van der Waals surface area contributed by atoms with E-state index in [1.165, 1.54) is 0 Å². The Hall–Kier alpha value is -1.91. The average Bonchev–Trinajstić information content (AvgIpc) is 2.49. The van der Waals surface area contributed by atoms with Gasteiger partial charge in [0.15, 0.2) is 0 Å². The lowest BCUT2D eigenvalue weighted by Crippen LogP contribution is -2.58. The van der Waals surface area contributed by atoms with Crippen molar-refractivity contribution in [1.29, 1.82) is 0 Å². The van der Waals surface area contributed by atoms with Crippen molar-refractivity contribution in [2.45, 2.75) is 6.17 Å². The molecule has 0 radical (unpaired) electrons. The Morgan fingerprint density at radius 2 is 2.25 bits per heavy atom. The van der Waals surface area contributed by atoms with Crippen molar-refractivity contribution in [3.63, 3.8) is 0 Å². The van der Waals surface area contributed by atoms with Gasteiger partial charge >= 0.3 is 0 Å². The first-order valence-electron chi connectivity index (χ1n) is 6.89. The number of carbonyl (C=O) groups excluding carboxylic acids is 1. The van der Waals surface area contributed by atoms with Crippen LogP contribution in [0.2, 0.25) is 0 Å². The molecule has 1 unspecified atom stereocenters. The molecule has 1 aliphatic rings. The quantitative estimate of drug-likeness (QED) is 0.625. The van der Waals surface area contributed by atoms with Crippen LogP contribution >= 0.6 is 0 Å². The summed E-state index contributed by atoms with van der Waals surface area (Å²) in [6.07, 6.45) is 5.29. The maximum Gasteiger partial charge on any atom is 0.245 e. The molecule has 2 N–H and O–H groups in total. The van der Waals surface area contributed by atoms with Crippen molar-refractivity contribution < 1.29 is 4.79 Å². The van der Waals surface area contributed by atoms with E-state index in [1.54, 1.807) is 6.08 Å². The second-order valence-electron chi connectivity index (χ2n) is 4.76. The Labute approximate surface area is 120 Å². The number of amides is 1. The van der Waals surface area contributed by atoms with Crippen LogP contribution in [0, 0.1) is 0 Å². The van der Waals surface area contributed by atoms with Crippen molar-refractivity contribution in [3.8, 4) is 0 Å². The van der Waals surface area contributed by atoms with E-state index in [9.17, 15) is 4.79 Å². The molecule has 0 saturated carbocycles. The topological polar surface area (TPSA) is 44.4 Å². The fourth-order valence-electron chi connectivity index (χ4n) is 2.22. The number of nitrogens with one attached hydrogen (secondary N) is 2. The molecule has 0 aromatic heterocycles. The molecule has 1 aromatic carbocycles. The third-order valence-corrected chi connectivity index (χ3v) is 3.25. The number of piperazine rings is 1. The van der Waals surface area contributed by atoms with Gasteiger partial charge in [0.05, 0.1) is 6.17 Å². The van der Waals surface area contributed by atoms with E-state index in [0.717, 1.165) is 31.7 Å². The maximum absolute atomic E-state index is 12.0. The van der Waals surface area contributed by atoms with E-state index in [0.29, 0.717) is 0 Å². The van der Waals surface area contributed by atoms with E-state index in [-0.39, 0.29) is 12.1 Å². The predicted molar refractivity (Wildman–Crippen MR) is 82.0 cm³/mol. The van der Waals surface area contributed by atoms with Crippen molar-refractivity contribution in [2.75, 3.05) is 26.2 Å². The Bertz CT molecular complexity index is 470. The molecule has 1 fully saturated rings. The van der Waals surface area contributed by atoms with Gasteiger partial charge in [-0.1, -0.05) is 36.4 Å². The summed E-state index contributed by atoms with van der Waals surface area (Å²) >= 11 is 0. The van der Waals surface area contributed by atoms with Gasteiger partial charge in [-0.05, 0) is 11.6 Å². The molecule has 0 bridgehead atoms. The average molecular weight is 271 g/mol. The van der Waals surface area contributed by atoms with E-state index >= 15 is 0 Å². The van der Waals surface area contributed by atoms with Crippen LogP contribution in [0.25, 0.3) is 6.08 Å². The van der Waals surface area contributed by atoms with Crippen LogP contribution in [-0.4, -0.2) is 43.2 Å². The zero-order valence-corrected chi connectivity index (χ0v) is 11.6. The monoisotopic (exact) mass is 271 g/mol. The molecule has 0 spiro atoms. The molecule has 106 valence electrons. The summed E-state index contributed by atoms with van der Waals surface area (Å²) in [5, 5.41) is 6.30. The van der Waals surface area contributed by atoms with Crippen LogP contribution in [0.5, 0.6) is 0 Å². The van der Waals surface area contributed by atoms with Crippen molar-refractivity contribution >= 4 is 12.0 Å². The maximum atomic E-state index is 12.0. The minimum absolute atomic E-state index is 0.0228. The Morgan fingerprint density at radius 1 is 1.45 bits per heavy atom. The molecule has 0 aliphatic carbocycles. The standard InChI is InChI=1S/C16H21N3O/c1-2-11-19-12-10-17-13-15(19)18-16(20)9-8-14-6-4-3-5-7-14/h2-9,15,17H,1,10-13H2,(H,18,20). The Kier molecular flexibility index (Phi) is 5.53. The molecule has 4 heteroatoms. The number of carbonyl (C=O) groups is 1. The first kappa shape index (κ1) is 14.5. The summed E-state index contributed by atoms with van der Waals surface area (Å²) in [7, 11) is 0. The van der Waals surface area contributed by atoms with E-state index < -0.39 is 0 Å². The normalized spacial score (nSPS) is 19.9. The van der Waals surface area contributed by atoms with Gasteiger partial charge in [-0.3, -0.25) is 9.69 Å². The van der Waals surface area contributed by atoms with Gasteiger partial charge in [-0.15, -0.1) is 6.58 Å². The minimum Gasteiger partial charge on any atom is -0.336 e. The fraction of sp³-hybridized carbons (Fsp3) is 0.312. The fourth-order valence-corrected chi connectivity index (χ4v) is 2.22. The molecular formula is C16H21N3O. The summed E-state index contributed by atoms with van der Waals surface area (Å²) in [5.74, 6) is -0.0726. The van der Waals surface area contributed by atoms with Crippen LogP contribution in [0.3, 0.4) is 0 Å². The number of benzene rings is 1. The smallest absolute Gasteiger partial charge is 0.245 e. The molecule has 2 rings (SSSR count). The summed E-state index contributed by atoms with van der Waals surface area (Å²) in [6.45, 7) is 7.17. The number of rotatable bonds is 5. The van der Waals surface area contributed by atoms with Gasteiger partial charge in [0.2, 0.25) is 5.91 Å². The second-order valence-corrected chi connectivity index (χ2v) is 4.76. The van der Waals surface area contributed by atoms with Crippen LogP contribution in [-0.2, 0) is 4.79 Å². The van der Waals surface area contributed by atoms with Crippen LogP contribution in [0.1, 0.15) is 5.56 Å². The Balaban J connectivity index is 1.89. The van der Waals surface area contributed by atoms with Gasteiger partial charge in [-0.25, -0.2) is 0 Å². The van der Waals surface area contributed by atoms with E-state index in [2.05, 4.69) is 22.1 Å². The highest BCUT2D eigenvalue weighted by Crippen LogP contribution is 2.02. The lowest BCUT2D eigenvalue weighted by atomic mass is 10.2. The molecular weight excluding hydrogens is 250 g/mol. The first-order valence-corrected chi connectivity index (χ1v) is 6.89. The number of hydrogen-bond donors (Lipinski definition) is 2. The highest BCUT2D eigenvalue weighted by atomic mass is 16.1. The van der Waals surface area contributed by atoms with Crippen LogP contribution in [0.4, 0.5) is 0 Å². The summed E-state index contributed by atoms with van der Waals surface area (Å²) < 4.78 is 0. The third-order valence-electron chi connectivity index (χ3n) is 3.25. The van der Waals surface area contributed by atoms with Crippen molar-refractivity contribution in [2.24, 2.45) is 0 Å². The lowest BCUT2D eigenvalue weighted by Gasteiger charge is -2.35. The highest BCUT2D eigenvalue weighted by molar-refractivity contribution is 5.91. The SMILES string of the molecule is C=CCN1CCNCC1NC(=O)C=Cc1ccccc1. The van der Waals surface area contributed by atoms with Crippen molar-refractivity contribution in [1.82, 2.24) is 15.5 Å². The highest BCUT2D eigenvalue weighted by Gasteiger charge is 2.21. The third kappa shape index (κ3) is 4.33. The van der Waals surface area contributed by atoms with Crippen molar-refractivity contribution in [3.05, 3.63) is 54.6 Å². The zero-order valence-electron chi connectivity index (χ0n) is 11.6. The van der Waals surface area contributed by atoms with Gasteiger partial charge in [0, 0.05) is 32.3 Å². The summed E-state index contributed by atoms with van der Waals surface area (Å²) in [4.78, 5) is 14.2. The van der Waals surface area contributed by atoms with E-state index in [4.69, 9.17) is 0 Å². The molecule has 1 aromatic rings. The van der Waals surface area contributed by atoms with Gasteiger partial charge in [0.1, 0.15) is 0 Å². The van der Waals surface area contributed by atoms with Gasteiger partial charge in [0.25, 0.3) is 0 Å². The molecule has 20 heavy (non-hydrogen) atoms. The second kappa shape index (κ2) is 7.62. The largest absolute Gasteiger partial charge is 0.336 e. The predicted octanol–water partition coefficient (Wildman–Crippen LogP) is 1.23. The zero-order chi connectivity index (χ0) is 14.2. The van der Waals surface area contributed by atoms with E-state index in [1.807, 2.05) is 42.5 Å². The number of nitrogens with zero attached hydrogens (tertiary/aromatic N) is 1. The van der Waals surface area contributed by atoms with Crippen LogP contribution in [0.15, 0.2) is 49.1 Å². The molecule has 1 atom stereocenters. The summed E-state index contributed by atoms with van der Waals surface area (Å²) in [5.41, 5.74) is 1.02. The molecule has 1 saturated heterocycles. The molecule has 1 aliphatic heterocycles. The minimum atomic E-state index is -0.0726. The molecule has 1 heterocycles. The lowest BCUT2D eigenvalue weighted by molar-refractivity contribution is -0.118. The van der Waals surface area contributed by atoms with Gasteiger partial charge in [-0.2, -0.15) is 0 Å². The summed E-state index contributed by atoms with van der Waals surface area (Å²) in [6, 6.07) is 9.80. The van der Waals surface area contributed by atoms with Crippen LogP contribution < -0.4 is 10.6 Å². The number of hydrogen-bond acceptors (Lipinski definition) is 3. The molecule has 1 amide bonds. The molecule has 4 nitrogen and oxygen atoms in total. The Morgan fingerprint density at radius 3 is 3.00 bits per heavy atom. The first-order chi connectivity index (χ1) is 9.79. The van der Waals surface area contributed by atoms with Gasteiger partial charge < -0.3 is 10.6 Å².